The largest absolute Gasteiger partial charge is 0.328 e. The number of benzene rings is 1. The molecule has 0 aliphatic rings. The minimum Gasteiger partial charge on any atom is -0.328 e. The molecule has 132 valence electrons. The van der Waals surface area contributed by atoms with Gasteiger partial charge in [-0.3, -0.25) is 4.79 Å². The van der Waals surface area contributed by atoms with Gasteiger partial charge in [-0.1, -0.05) is 44.5 Å². The summed E-state index contributed by atoms with van der Waals surface area (Å²) in [5.74, 6) is 1.08. The summed E-state index contributed by atoms with van der Waals surface area (Å²) in [5, 5.41) is 8.76. The van der Waals surface area contributed by atoms with Gasteiger partial charge in [0, 0.05) is 31.6 Å². The summed E-state index contributed by atoms with van der Waals surface area (Å²) in [6, 6.07) is 10.7. The van der Waals surface area contributed by atoms with Crippen LogP contribution in [0.3, 0.4) is 0 Å². The lowest BCUT2D eigenvalue weighted by Crippen LogP contribution is -2.06. The Morgan fingerprint density at radius 2 is 2.00 bits per heavy atom. The first-order valence-corrected chi connectivity index (χ1v) is 9.13. The number of aryl methyl sites for hydroxylation is 1. The Balaban J connectivity index is 2.15. The van der Waals surface area contributed by atoms with Crippen molar-refractivity contribution in [1.82, 2.24) is 9.55 Å². The predicted octanol–water partition coefficient (Wildman–Crippen LogP) is 5.04. The summed E-state index contributed by atoms with van der Waals surface area (Å²) in [5.41, 5.74) is 3.17. The summed E-state index contributed by atoms with van der Waals surface area (Å²) < 4.78 is 1.95. The number of ketones is 1. The molecule has 0 radical (unpaired) electrons. The van der Waals surface area contributed by atoms with Crippen LogP contribution in [0.2, 0.25) is 0 Å². The van der Waals surface area contributed by atoms with Crippen molar-refractivity contribution in [1.29, 1.82) is 5.26 Å². The zero-order valence-corrected chi connectivity index (χ0v) is 15.5. The van der Waals surface area contributed by atoms with Gasteiger partial charge in [0.05, 0.1) is 11.8 Å². The van der Waals surface area contributed by atoms with Crippen LogP contribution in [0.25, 0.3) is 11.3 Å². The van der Waals surface area contributed by atoms with Gasteiger partial charge in [-0.2, -0.15) is 5.26 Å². The first-order valence-electron chi connectivity index (χ1n) is 9.13. The van der Waals surface area contributed by atoms with E-state index in [2.05, 4.69) is 49.2 Å². The van der Waals surface area contributed by atoms with Gasteiger partial charge in [0.25, 0.3) is 0 Å². The topological polar surface area (TPSA) is 58.7 Å². The fourth-order valence-electron chi connectivity index (χ4n) is 3.11. The maximum Gasteiger partial charge on any atom is 0.195 e. The van der Waals surface area contributed by atoms with Gasteiger partial charge in [-0.25, -0.2) is 4.98 Å². The fraction of sp³-hybridized carbons (Fsp3) is 0.476. The van der Waals surface area contributed by atoms with E-state index in [1.807, 2.05) is 10.8 Å². The standard InChI is InChI=1S/C21H27N3O/c1-4-13-24-15-20(23-21(24)16(3)25)19-10-8-18(9-11-19)14-17(5-2)7-6-12-22/h8-11,15,17H,4-7,13-14H2,1-3H3/t17-/m1/s1. The second kappa shape index (κ2) is 9.17. The molecule has 0 unspecified atom stereocenters. The maximum absolute atomic E-state index is 11.8. The number of carbonyl (C=O) groups is 1. The molecule has 0 aliphatic carbocycles. The van der Waals surface area contributed by atoms with Gasteiger partial charge < -0.3 is 4.57 Å². The smallest absolute Gasteiger partial charge is 0.195 e. The normalized spacial score (nSPS) is 11.9. The van der Waals surface area contributed by atoms with Crippen LogP contribution in [0.5, 0.6) is 0 Å². The van der Waals surface area contributed by atoms with E-state index in [0.717, 1.165) is 43.5 Å². The molecule has 2 aromatic rings. The summed E-state index contributed by atoms with van der Waals surface area (Å²) in [6.45, 7) is 6.64. The van der Waals surface area contributed by atoms with Crippen molar-refractivity contribution in [2.75, 3.05) is 0 Å². The highest BCUT2D eigenvalue weighted by molar-refractivity contribution is 5.91. The van der Waals surface area contributed by atoms with E-state index < -0.39 is 0 Å². The summed E-state index contributed by atoms with van der Waals surface area (Å²) >= 11 is 0. The second-order valence-corrected chi connectivity index (χ2v) is 6.57. The number of hydrogen-bond acceptors (Lipinski definition) is 3. The number of hydrogen-bond donors (Lipinski definition) is 0. The lowest BCUT2D eigenvalue weighted by Gasteiger charge is -2.13. The molecule has 0 saturated carbocycles. The van der Waals surface area contributed by atoms with Gasteiger partial charge in [0.15, 0.2) is 11.6 Å². The van der Waals surface area contributed by atoms with Crippen LogP contribution < -0.4 is 0 Å². The first kappa shape index (κ1) is 18.9. The van der Waals surface area contributed by atoms with Gasteiger partial charge in [-0.05, 0) is 30.7 Å². The zero-order chi connectivity index (χ0) is 18.2. The molecule has 1 heterocycles. The molecule has 4 nitrogen and oxygen atoms in total. The molecular weight excluding hydrogens is 310 g/mol. The Morgan fingerprint density at radius 1 is 1.28 bits per heavy atom. The lowest BCUT2D eigenvalue weighted by atomic mass is 9.92. The van der Waals surface area contributed by atoms with Crippen LogP contribution in [-0.4, -0.2) is 15.3 Å². The first-order chi connectivity index (χ1) is 12.1. The number of imidazole rings is 1. The van der Waals surface area contributed by atoms with E-state index in [4.69, 9.17) is 5.26 Å². The third-order valence-electron chi connectivity index (χ3n) is 4.57. The van der Waals surface area contributed by atoms with Crippen molar-refractivity contribution >= 4 is 5.78 Å². The van der Waals surface area contributed by atoms with Crippen molar-refractivity contribution in [2.45, 2.75) is 59.4 Å². The number of nitriles is 1. The molecule has 0 aliphatic heterocycles. The number of Topliss-reactive ketones (excluding diaryl/α,β-unsaturated/α-hetero) is 1. The highest BCUT2D eigenvalue weighted by Gasteiger charge is 2.13. The molecule has 0 amide bonds. The van der Waals surface area contributed by atoms with Crippen molar-refractivity contribution in [3.63, 3.8) is 0 Å². The van der Waals surface area contributed by atoms with Crippen LogP contribution >= 0.6 is 0 Å². The molecule has 0 N–H and O–H groups in total. The summed E-state index contributed by atoms with van der Waals surface area (Å²) in [4.78, 5) is 16.3. The minimum absolute atomic E-state index is 0.000370. The zero-order valence-electron chi connectivity index (χ0n) is 15.5. The van der Waals surface area contributed by atoms with E-state index >= 15 is 0 Å². The van der Waals surface area contributed by atoms with Crippen LogP contribution in [0.4, 0.5) is 0 Å². The van der Waals surface area contributed by atoms with Crippen molar-refractivity contribution < 1.29 is 4.79 Å². The highest BCUT2D eigenvalue weighted by atomic mass is 16.1. The Labute approximate surface area is 150 Å². The molecule has 4 heteroatoms. The summed E-state index contributed by atoms with van der Waals surface area (Å²) in [6.07, 6.45) is 6.61. The predicted molar refractivity (Wildman–Crippen MR) is 100 cm³/mol. The van der Waals surface area contributed by atoms with E-state index in [1.165, 1.54) is 5.56 Å². The highest BCUT2D eigenvalue weighted by Crippen LogP contribution is 2.23. The summed E-state index contributed by atoms with van der Waals surface area (Å²) in [7, 11) is 0. The van der Waals surface area contributed by atoms with E-state index in [0.29, 0.717) is 18.2 Å². The third kappa shape index (κ3) is 5.03. The average Bonchev–Trinajstić information content (AvgIpc) is 3.03. The van der Waals surface area contributed by atoms with Crippen molar-refractivity contribution in [3.8, 4) is 17.3 Å². The number of carbonyl (C=O) groups excluding carboxylic acids is 1. The molecule has 0 bridgehead atoms. The van der Waals surface area contributed by atoms with Crippen molar-refractivity contribution in [3.05, 3.63) is 41.9 Å². The molecule has 1 aromatic heterocycles. The molecule has 25 heavy (non-hydrogen) atoms. The average molecular weight is 337 g/mol. The number of nitrogens with zero attached hydrogens (tertiary/aromatic N) is 3. The van der Waals surface area contributed by atoms with Gasteiger partial charge in [-0.15, -0.1) is 0 Å². The molecule has 1 atom stereocenters. The molecule has 0 fully saturated rings. The van der Waals surface area contributed by atoms with Crippen LogP contribution in [0.1, 0.15) is 62.6 Å². The Hall–Kier alpha value is -2.41. The quantitative estimate of drug-likeness (QED) is 0.603. The number of rotatable bonds is 9. The van der Waals surface area contributed by atoms with Crippen molar-refractivity contribution in [2.24, 2.45) is 5.92 Å². The molecular formula is C21H27N3O. The van der Waals surface area contributed by atoms with Gasteiger partial charge >= 0.3 is 0 Å². The van der Waals surface area contributed by atoms with Crippen LogP contribution in [0, 0.1) is 17.2 Å². The molecule has 1 aromatic carbocycles. The van der Waals surface area contributed by atoms with E-state index in [-0.39, 0.29) is 5.78 Å². The van der Waals surface area contributed by atoms with Gasteiger partial charge in [0.2, 0.25) is 0 Å². The second-order valence-electron chi connectivity index (χ2n) is 6.57. The minimum atomic E-state index is -0.000370. The SMILES string of the molecule is CCCn1cc(-c2ccc(C[C@H](CC)CCC#N)cc2)nc1C(C)=O. The maximum atomic E-state index is 11.8. The lowest BCUT2D eigenvalue weighted by molar-refractivity contribution is 0.0999. The molecule has 0 saturated heterocycles. The Morgan fingerprint density at radius 3 is 2.56 bits per heavy atom. The number of aromatic nitrogens is 2. The van der Waals surface area contributed by atoms with Gasteiger partial charge in [0.1, 0.15) is 0 Å². The monoisotopic (exact) mass is 337 g/mol. The fourth-order valence-corrected chi connectivity index (χ4v) is 3.11. The molecule has 2 rings (SSSR count). The third-order valence-corrected chi connectivity index (χ3v) is 4.57. The Kier molecular flexibility index (Phi) is 6.94. The van der Waals surface area contributed by atoms with Crippen LogP contribution in [-0.2, 0) is 13.0 Å². The Bertz CT molecular complexity index is 737. The van der Waals surface area contributed by atoms with E-state index in [9.17, 15) is 4.79 Å². The van der Waals surface area contributed by atoms with Crippen LogP contribution in [0.15, 0.2) is 30.5 Å². The molecule has 0 spiro atoms. The van der Waals surface area contributed by atoms with E-state index in [1.54, 1.807) is 6.92 Å².